The first-order chi connectivity index (χ1) is 8.49. The van der Waals surface area contributed by atoms with Crippen LogP contribution in [0.25, 0.3) is 0 Å². The van der Waals surface area contributed by atoms with E-state index in [-0.39, 0.29) is 22.3 Å². The average molecular weight is 274 g/mol. The maximum absolute atomic E-state index is 10.8. The highest BCUT2D eigenvalue weighted by molar-refractivity contribution is 6.30. The Morgan fingerprint density at radius 1 is 1.72 bits per heavy atom. The van der Waals surface area contributed by atoms with E-state index in [1.165, 1.54) is 18.2 Å². The highest BCUT2D eigenvalue weighted by Gasteiger charge is 2.21. The van der Waals surface area contributed by atoms with Crippen LogP contribution in [-0.2, 0) is 0 Å². The van der Waals surface area contributed by atoms with E-state index in [0.717, 1.165) is 0 Å². The first-order valence-electron chi connectivity index (χ1n) is 5.07. The van der Waals surface area contributed by atoms with E-state index in [0.29, 0.717) is 6.42 Å². The average Bonchev–Trinajstić information content (AvgIpc) is 2.36. The molecule has 1 atom stereocenters. The van der Waals surface area contributed by atoms with Gasteiger partial charge < -0.3 is 15.7 Å². The van der Waals surface area contributed by atoms with Gasteiger partial charge in [0, 0.05) is 11.1 Å². The monoisotopic (exact) mass is 273 g/mol. The Morgan fingerprint density at radius 3 is 2.89 bits per heavy atom. The van der Waals surface area contributed by atoms with Crippen molar-refractivity contribution in [3.8, 4) is 5.75 Å². The van der Waals surface area contributed by atoms with Crippen LogP contribution in [0.5, 0.6) is 5.75 Å². The summed E-state index contributed by atoms with van der Waals surface area (Å²) in [6.45, 7) is 1.74. The molecule has 0 bridgehead atoms. The molecule has 0 saturated heterocycles. The quantitative estimate of drug-likeness (QED) is 0.281. The molecule has 1 aromatic carbocycles. The minimum Gasteiger partial charge on any atom is -0.475 e. The molecule has 18 heavy (non-hydrogen) atoms. The number of nitrogens with zero attached hydrogens (tertiary/aromatic N) is 2. The third kappa shape index (κ3) is 3.24. The molecule has 7 nitrogen and oxygen atoms in total. The summed E-state index contributed by atoms with van der Waals surface area (Å²) in [6.07, 6.45) is -0.342. The van der Waals surface area contributed by atoms with Gasteiger partial charge in [-0.1, -0.05) is 23.7 Å². The number of nitro benzene ring substituents is 1. The van der Waals surface area contributed by atoms with Crippen LogP contribution in [0.4, 0.5) is 5.69 Å². The van der Waals surface area contributed by atoms with Crippen molar-refractivity contribution >= 4 is 23.1 Å². The Hall–Kier alpha value is -2.02. The minimum absolute atomic E-state index is 0.0165. The lowest BCUT2D eigenvalue weighted by Gasteiger charge is -2.15. The van der Waals surface area contributed by atoms with E-state index in [1.807, 2.05) is 0 Å². The van der Waals surface area contributed by atoms with Crippen molar-refractivity contribution in [3.05, 3.63) is 33.3 Å². The molecular formula is C10H12ClN3O4. The third-order valence-corrected chi connectivity index (χ3v) is 2.44. The summed E-state index contributed by atoms with van der Waals surface area (Å²) in [5.74, 6) is -0.135. The van der Waals surface area contributed by atoms with Gasteiger partial charge in [0.1, 0.15) is 0 Å². The predicted octanol–water partition coefficient (Wildman–Crippen LogP) is 2.15. The molecule has 0 spiro atoms. The SMILES string of the molecule is CCC(Oc1ccc(Cl)cc1[N+](=O)[O-])C(N)=NO. The molecule has 0 aliphatic heterocycles. The molecule has 0 fully saturated rings. The summed E-state index contributed by atoms with van der Waals surface area (Å²) in [6, 6.07) is 4.01. The van der Waals surface area contributed by atoms with Crippen molar-refractivity contribution in [2.75, 3.05) is 0 Å². The molecule has 8 heteroatoms. The molecule has 98 valence electrons. The van der Waals surface area contributed by atoms with E-state index >= 15 is 0 Å². The lowest BCUT2D eigenvalue weighted by molar-refractivity contribution is -0.386. The Morgan fingerprint density at radius 2 is 2.39 bits per heavy atom. The summed E-state index contributed by atoms with van der Waals surface area (Å²) in [5.41, 5.74) is 5.14. The number of nitrogens with two attached hydrogens (primary N) is 1. The number of amidine groups is 1. The van der Waals surface area contributed by atoms with Gasteiger partial charge in [0.05, 0.1) is 4.92 Å². The zero-order valence-corrected chi connectivity index (χ0v) is 10.3. The molecular weight excluding hydrogens is 262 g/mol. The molecule has 0 heterocycles. The van der Waals surface area contributed by atoms with E-state index < -0.39 is 11.0 Å². The third-order valence-electron chi connectivity index (χ3n) is 2.20. The van der Waals surface area contributed by atoms with Crippen molar-refractivity contribution in [3.63, 3.8) is 0 Å². The Labute approximate surface area is 108 Å². The molecule has 0 amide bonds. The van der Waals surface area contributed by atoms with Gasteiger partial charge in [0.15, 0.2) is 17.7 Å². The number of hydrogen-bond donors (Lipinski definition) is 2. The number of ether oxygens (including phenoxy) is 1. The van der Waals surface area contributed by atoms with Gasteiger partial charge in [-0.05, 0) is 18.6 Å². The van der Waals surface area contributed by atoms with Crippen LogP contribution in [0.3, 0.4) is 0 Å². The molecule has 3 N–H and O–H groups in total. The van der Waals surface area contributed by atoms with E-state index in [1.54, 1.807) is 6.92 Å². The predicted molar refractivity (Wildman–Crippen MR) is 66.2 cm³/mol. The van der Waals surface area contributed by atoms with Crippen LogP contribution in [0.2, 0.25) is 5.02 Å². The minimum atomic E-state index is -0.741. The van der Waals surface area contributed by atoms with E-state index in [4.69, 9.17) is 27.3 Å². The Bertz CT molecular complexity index is 478. The van der Waals surface area contributed by atoms with Crippen molar-refractivity contribution in [2.24, 2.45) is 10.9 Å². The first-order valence-corrected chi connectivity index (χ1v) is 5.45. The zero-order chi connectivity index (χ0) is 13.7. The van der Waals surface area contributed by atoms with E-state index in [2.05, 4.69) is 5.16 Å². The smallest absolute Gasteiger partial charge is 0.312 e. The van der Waals surface area contributed by atoms with Gasteiger partial charge in [-0.25, -0.2) is 0 Å². The maximum Gasteiger partial charge on any atom is 0.312 e. The standard InChI is InChI=1S/C10H12ClN3O4/c1-2-8(10(12)13-15)18-9-4-3-6(11)5-7(9)14(16)17/h3-5,8,15H,2H2,1H3,(H2,12,13). The highest BCUT2D eigenvalue weighted by Crippen LogP contribution is 2.30. The molecule has 0 saturated carbocycles. The zero-order valence-electron chi connectivity index (χ0n) is 9.54. The number of rotatable bonds is 5. The molecule has 1 aromatic rings. The number of halogens is 1. The molecule has 1 unspecified atom stereocenters. The number of hydrogen-bond acceptors (Lipinski definition) is 5. The molecule has 0 aliphatic carbocycles. The first kappa shape index (κ1) is 14.0. The second-order valence-corrected chi connectivity index (χ2v) is 3.85. The highest BCUT2D eigenvalue weighted by atomic mass is 35.5. The van der Waals surface area contributed by atoms with Crippen LogP contribution in [0.1, 0.15) is 13.3 Å². The number of benzene rings is 1. The van der Waals surface area contributed by atoms with Crippen molar-refractivity contribution in [1.29, 1.82) is 0 Å². The summed E-state index contributed by atoms with van der Waals surface area (Å²) >= 11 is 5.67. The van der Waals surface area contributed by atoms with Gasteiger partial charge >= 0.3 is 5.69 Å². The van der Waals surface area contributed by atoms with Gasteiger partial charge in [-0.15, -0.1) is 0 Å². The fourth-order valence-electron chi connectivity index (χ4n) is 1.30. The van der Waals surface area contributed by atoms with Crippen molar-refractivity contribution in [2.45, 2.75) is 19.4 Å². The van der Waals surface area contributed by atoms with Crippen LogP contribution < -0.4 is 10.5 Å². The van der Waals surface area contributed by atoms with Crippen LogP contribution in [0.15, 0.2) is 23.4 Å². The summed E-state index contributed by atoms with van der Waals surface area (Å²) < 4.78 is 5.35. The van der Waals surface area contributed by atoms with Gasteiger partial charge in [-0.2, -0.15) is 0 Å². The second-order valence-electron chi connectivity index (χ2n) is 3.41. The largest absolute Gasteiger partial charge is 0.475 e. The number of oxime groups is 1. The van der Waals surface area contributed by atoms with Crippen molar-refractivity contribution in [1.82, 2.24) is 0 Å². The van der Waals surface area contributed by atoms with Crippen LogP contribution in [-0.4, -0.2) is 22.1 Å². The fraction of sp³-hybridized carbons (Fsp3) is 0.300. The Balaban J connectivity index is 3.06. The van der Waals surface area contributed by atoms with Crippen molar-refractivity contribution < 1.29 is 14.9 Å². The lowest BCUT2D eigenvalue weighted by atomic mass is 10.2. The molecule has 0 radical (unpaired) electrons. The van der Waals surface area contributed by atoms with Gasteiger partial charge in [0.2, 0.25) is 0 Å². The van der Waals surface area contributed by atoms with Crippen LogP contribution >= 0.6 is 11.6 Å². The van der Waals surface area contributed by atoms with E-state index in [9.17, 15) is 10.1 Å². The molecule has 0 aliphatic rings. The summed E-state index contributed by atoms with van der Waals surface area (Å²) in [7, 11) is 0. The molecule has 1 rings (SSSR count). The summed E-state index contributed by atoms with van der Waals surface area (Å²) in [4.78, 5) is 10.2. The topological polar surface area (TPSA) is 111 Å². The molecule has 0 aromatic heterocycles. The fourth-order valence-corrected chi connectivity index (χ4v) is 1.47. The van der Waals surface area contributed by atoms with Gasteiger partial charge in [0.25, 0.3) is 0 Å². The lowest BCUT2D eigenvalue weighted by Crippen LogP contribution is -2.33. The summed E-state index contributed by atoms with van der Waals surface area (Å²) in [5, 5.41) is 22.5. The normalized spacial score (nSPS) is 13.1. The van der Waals surface area contributed by atoms with Gasteiger partial charge in [-0.3, -0.25) is 10.1 Å². The maximum atomic E-state index is 10.8. The Kier molecular flexibility index (Phi) is 4.73. The second kappa shape index (κ2) is 6.06. The number of nitro groups is 1. The van der Waals surface area contributed by atoms with Crippen LogP contribution in [0, 0.1) is 10.1 Å².